The van der Waals surface area contributed by atoms with E-state index in [0.717, 1.165) is 5.69 Å². The molecule has 0 unspecified atom stereocenters. The predicted molar refractivity (Wildman–Crippen MR) is 72.3 cm³/mol. The quantitative estimate of drug-likeness (QED) is 0.655. The van der Waals surface area contributed by atoms with Gasteiger partial charge in [0.25, 0.3) is 5.69 Å². The Bertz CT molecular complexity index is 668. The fourth-order valence-corrected chi connectivity index (χ4v) is 1.65. The van der Waals surface area contributed by atoms with Gasteiger partial charge in [0, 0.05) is 17.4 Å². The molecule has 7 nitrogen and oxygen atoms in total. The SMILES string of the molecule is Cc1ccc(Nc2ccc(C(=O)O)c([N+](=O)[O-])c2)cn1. The lowest BCUT2D eigenvalue weighted by molar-refractivity contribution is -0.385. The molecule has 0 bridgehead atoms. The van der Waals surface area contributed by atoms with Gasteiger partial charge in [-0.2, -0.15) is 0 Å². The molecule has 1 aromatic heterocycles. The Morgan fingerprint density at radius 2 is 2.00 bits per heavy atom. The first-order valence-corrected chi connectivity index (χ1v) is 5.69. The molecule has 0 radical (unpaired) electrons. The number of aromatic nitrogens is 1. The highest BCUT2D eigenvalue weighted by molar-refractivity contribution is 5.93. The van der Waals surface area contributed by atoms with Crippen LogP contribution < -0.4 is 5.32 Å². The van der Waals surface area contributed by atoms with Crippen LogP contribution in [0.2, 0.25) is 0 Å². The van der Waals surface area contributed by atoms with Gasteiger partial charge in [0.15, 0.2) is 0 Å². The number of nitrogens with one attached hydrogen (secondary N) is 1. The van der Waals surface area contributed by atoms with Gasteiger partial charge in [0.1, 0.15) is 5.56 Å². The van der Waals surface area contributed by atoms with Gasteiger partial charge >= 0.3 is 5.97 Å². The normalized spacial score (nSPS) is 10.1. The van der Waals surface area contributed by atoms with Gasteiger partial charge in [-0.15, -0.1) is 0 Å². The van der Waals surface area contributed by atoms with Gasteiger partial charge in [-0.3, -0.25) is 15.1 Å². The van der Waals surface area contributed by atoms with Gasteiger partial charge in [0.05, 0.1) is 16.8 Å². The highest BCUT2D eigenvalue weighted by atomic mass is 16.6. The number of anilines is 2. The highest BCUT2D eigenvalue weighted by Gasteiger charge is 2.20. The van der Waals surface area contributed by atoms with E-state index in [4.69, 9.17) is 5.11 Å². The van der Waals surface area contributed by atoms with Crippen LogP contribution in [0, 0.1) is 17.0 Å². The van der Waals surface area contributed by atoms with Crippen molar-refractivity contribution in [1.29, 1.82) is 0 Å². The van der Waals surface area contributed by atoms with E-state index < -0.39 is 16.6 Å². The molecule has 0 aliphatic carbocycles. The molecule has 7 heteroatoms. The number of carboxylic acids is 1. The maximum atomic E-state index is 10.9. The maximum Gasteiger partial charge on any atom is 0.342 e. The van der Waals surface area contributed by atoms with E-state index in [1.54, 1.807) is 18.3 Å². The van der Waals surface area contributed by atoms with Crippen LogP contribution in [0.3, 0.4) is 0 Å². The van der Waals surface area contributed by atoms with Crippen molar-refractivity contribution in [3.8, 4) is 0 Å². The monoisotopic (exact) mass is 273 g/mol. The standard InChI is InChI=1S/C13H11N3O4/c1-8-2-3-10(7-14-8)15-9-4-5-11(13(17)18)12(6-9)16(19)20/h2-7,15H,1H3,(H,17,18). The molecule has 2 N–H and O–H groups in total. The van der Waals surface area contributed by atoms with Gasteiger partial charge < -0.3 is 10.4 Å². The van der Waals surface area contributed by atoms with Crippen molar-refractivity contribution in [3.05, 3.63) is 57.9 Å². The van der Waals surface area contributed by atoms with E-state index in [1.807, 2.05) is 6.92 Å². The Balaban J connectivity index is 2.34. The van der Waals surface area contributed by atoms with Crippen LogP contribution in [0.1, 0.15) is 16.1 Å². The molecule has 102 valence electrons. The minimum absolute atomic E-state index is 0.345. The van der Waals surface area contributed by atoms with E-state index in [-0.39, 0.29) is 5.56 Å². The molecule has 2 rings (SSSR count). The third kappa shape index (κ3) is 2.89. The van der Waals surface area contributed by atoms with Crippen molar-refractivity contribution < 1.29 is 14.8 Å². The first-order chi connectivity index (χ1) is 9.47. The number of carboxylic acid groups (broad SMARTS) is 1. The number of pyridine rings is 1. The number of carbonyl (C=O) groups is 1. The number of nitrogens with zero attached hydrogens (tertiary/aromatic N) is 2. The van der Waals surface area contributed by atoms with Gasteiger partial charge in [-0.1, -0.05) is 0 Å². The molecular weight excluding hydrogens is 262 g/mol. The summed E-state index contributed by atoms with van der Waals surface area (Å²) < 4.78 is 0. The lowest BCUT2D eigenvalue weighted by Gasteiger charge is -2.07. The van der Waals surface area contributed by atoms with Crippen molar-refractivity contribution in [3.63, 3.8) is 0 Å². The summed E-state index contributed by atoms with van der Waals surface area (Å²) >= 11 is 0. The summed E-state index contributed by atoms with van der Waals surface area (Å²) in [7, 11) is 0. The largest absolute Gasteiger partial charge is 0.477 e. The van der Waals surface area contributed by atoms with Crippen LogP contribution in [0.4, 0.5) is 17.1 Å². The minimum atomic E-state index is -1.33. The van der Waals surface area contributed by atoms with Crippen LogP contribution in [0.15, 0.2) is 36.5 Å². The van der Waals surface area contributed by atoms with Crippen molar-refractivity contribution >= 4 is 23.0 Å². The predicted octanol–water partition coefficient (Wildman–Crippen LogP) is 2.74. The minimum Gasteiger partial charge on any atom is -0.477 e. The van der Waals surface area contributed by atoms with E-state index in [2.05, 4.69) is 10.3 Å². The second-order valence-electron chi connectivity index (χ2n) is 4.11. The van der Waals surface area contributed by atoms with Gasteiger partial charge in [-0.25, -0.2) is 4.79 Å². The second kappa shape index (κ2) is 5.35. The molecule has 0 saturated heterocycles. The number of hydrogen-bond acceptors (Lipinski definition) is 5. The number of benzene rings is 1. The Labute approximate surface area is 114 Å². The molecular formula is C13H11N3O4. The number of nitro groups is 1. The number of aromatic carboxylic acids is 1. The van der Waals surface area contributed by atoms with Crippen molar-refractivity contribution in [2.45, 2.75) is 6.92 Å². The molecule has 1 aromatic carbocycles. The topological polar surface area (TPSA) is 105 Å². The molecule has 0 saturated carbocycles. The first-order valence-electron chi connectivity index (χ1n) is 5.69. The van der Waals surface area contributed by atoms with E-state index >= 15 is 0 Å². The Morgan fingerprint density at radius 3 is 2.55 bits per heavy atom. The summed E-state index contributed by atoms with van der Waals surface area (Å²) in [5, 5.41) is 22.7. The number of rotatable bonds is 4. The molecule has 0 fully saturated rings. The van der Waals surface area contributed by atoms with Crippen LogP contribution in [0.25, 0.3) is 0 Å². The molecule has 0 aliphatic rings. The third-order valence-corrected chi connectivity index (χ3v) is 2.62. The zero-order valence-electron chi connectivity index (χ0n) is 10.5. The van der Waals surface area contributed by atoms with E-state index in [1.165, 1.54) is 18.2 Å². The Morgan fingerprint density at radius 1 is 1.30 bits per heavy atom. The first kappa shape index (κ1) is 13.5. The molecule has 0 aliphatic heterocycles. The zero-order valence-corrected chi connectivity index (χ0v) is 10.5. The maximum absolute atomic E-state index is 10.9. The fraction of sp³-hybridized carbons (Fsp3) is 0.0769. The molecule has 0 spiro atoms. The molecule has 20 heavy (non-hydrogen) atoms. The average Bonchev–Trinajstić information content (AvgIpc) is 2.41. The fourth-order valence-electron chi connectivity index (χ4n) is 1.65. The van der Waals surface area contributed by atoms with Crippen LogP contribution in [0.5, 0.6) is 0 Å². The Hall–Kier alpha value is -2.96. The number of aryl methyl sites for hydroxylation is 1. The summed E-state index contributed by atoms with van der Waals surface area (Å²) in [6, 6.07) is 7.42. The lowest BCUT2D eigenvalue weighted by atomic mass is 10.1. The summed E-state index contributed by atoms with van der Waals surface area (Å²) in [6.07, 6.45) is 1.59. The number of hydrogen-bond donors (Lipinski definition) is 2. The van der Waals surface area contributed by atoms with Crippen LogP contribution >= 0.6 is 0 Å². The molecule has 0 amide bonds. The number of nitro benzene ring substituents is 1. The smallest absolute Gasteiger partial charge is 0.342 e. The Kier molecular flexibility index (Phi) is 3.60. The zero-order chi connectivity index (χ0) is 14.7. The third-order valence-electron chi connectivity index (χ3n) is 2.62. The molecule has 2 aromatic rings. The van der Waals surface area contributed by atoms with E-state index in [0.29, 0.717) is 11.4 Å². The summed E-state index contributed by atoms with van der Waals surface area (Å²) in [5.74, 6) is -1.33. The summed E-state index contributed by atoms with van der Waals surface area (Å²) in [4.78, 5) is 25.1. The van der Waals surface area contributed by atoms with Crippen LogP contribution in [-0.2, 0) is 0 Å². The second-order valence-corrected chi connectivity index (χ2v) is 4.11. The molecule has 1 heterocycles. The van der Waals surface area contributed by atoms with Gasteiger partial charge in [0.2, 0.25) is 0 Å². The summed E-state index contributed by atoms with van der Waals surface area (Å²) in [5.41, 5.74) is 1.13. The van der Waals surface area contributed by atoms with E-state index in [9.17, 15) is 14.9 Å². The van der Waals surface area contributed by atoms with Crippen LogP contribution in [-0.4, -0.2) is 21.0 Å². The van der Waals surface area contributed by atoms with Crippen molar-refractivity contribution in [1.82, 2.24) is 4.98 Å². The van der Waals surface area contributed by atoms with Crippen molar-refractivity contribution in [2.24, 2.45) is 0 Å². The van der Waals surface area contributed by atoms with Crippen molar-refractivity contribution in [2.75, 3.05) is 5.32 Å². The van der Waals surface area contributed by atoms with Gasteiger partial charge in [-0.05, 0) is 31.2 Å². The summed E-state index contributed by atoms with van der Waals surface area (Å²) in [6.45, 7) is 1.84. The highest BCUT2D eigenvalue weighted by Crippen LogP contribution is 2.25. The molecule has 0 atom stereocenters. The lowest BCUT2D eigenvalue weighted by Crippen LogP contribution is -2.03. The average molecular weight is 273 g/mol.